The Morgan fingerprint density at radius 2 is 2.09 bits per heavy atom. The highest BCUT2D eigenvalue weighted by atomic mass is 32.1. The van der Waals surface area contributed by atoms with Gasteiger partial charge in [0.05, 0.1) is 5.01 Å². The molecule has 2 aromatic rings. The molecule has 2 aromatic heterocycles. The molecule has 1 fully saturated rings. The van der Waals surface area contributed by atoms with Crippen LogP contribution in [-0.2, 0) is 6.18 Å². The van der Waals surface area contributed by atoms with E-state index in [1.165, 1.54) is 0 Å². The lowest BCUT2D eigenvalue weighted by Gasteiger charge is -2.31. The van der Waals surface area contributed by atoms with Crippen LogP contribution in [0.1, 0.15) is 54.2 Å². The average molecular weight is 362 g/mol. The highest BCUT2D eigenvalue weighted by Gasteiger charge is 2.35. The van der Waals surface area contributed by atoms with Crippen LogP contribution in [0, 0.1) is 0 Å². The number of nitrogens with zero attached hydrogens (tertiary/aromatic N) is 4. The van der Waals surface area contributed by atoms with Gasteiger partial charge in [-0.3, -0.25) is 0 Å². The SMILES string of the molecule is CC(C)c1nnc(N2CCCC(c3nc(C(F)(F)F)cs3)C2)s1. The first-order valence-electron chi connectivity index (χ1n) is 7.45. The van der Waals surface area contributed by atoms with Crippen LogP contribution in [0.4, 0.5) is 18.3 Å². The van der Waals surface area contributed by atoms with Crippen LogP contribution in [0.3, 0.4) is 0 Å². The standard InChI is InChI=1S/C14H17F3N4S2/c1-8(2)11-19-20-13(23-11)21-5-3-4-9(6-21)12-18-10(7-22-12)14(15,16)17/h7-9H,3-6H2,1-2H3. The van der Waals surface area contributed by atoms with Gasteiger partial charge in [-0.2, -0.15) is 13.2 Å². The third-order valence-electron chi connectivity index (χ3n) is 3.78. The van der Waals surface area contributed by atoms with Gasteiger partial charge >= 0.3 is 6.18 Å². The summed E-state index contributed by atoms with van der Waals surface area (Å²) in [6, 6.07) is 0. The molecular formula is C14H17F3N4S2. The van der Waals surface area contributed by atoms with Gasteiger partial charge in [0.15, 0.2) is 5.69 Å². The van der Waals surface area contributed by atoms with Crippen molar-refractivity contribution < 1.29 is 13.2 Å². The van der Waals surface area contributed by atoms with Gasteiger partial charge in [-0.1, -0.05) is 25.2 Å². The Bertz CT molecular complexity index is 665. The molecule has 1 aliphatic rings. The molecule has 0 aromatic carbocycles. The van der Waals surface area contributed by atoms with E-state index in [4.69, 9.17) is 0 Å². The smallest absolute Gasteiger partial charge is 0.346 e. The largest absolute Gasteiger partial charge is 0.434 e. The lowest BCUT2D eigenvalue weighted by Crippen LogP contribution is -2.34. The number of hydrogen-bond acceptors (Lipinski definition) is 6. The minimum atomic E-state index is -4.37. The highest BCUT2D eigenvalue weighted by Crippen LogP contribution is 2.36. The first-order chi connectivity index (χ1) is 10.8. The number of anilines is 1. The minimum Gasteiger partial charge on any atom is -0.346 e. The van der Waals surface area contributed by atoms with Crippen LogP contribution in [0.5, 0.6) is 0 Å². The van der Waals surface area contributed by atoms with Crippen LogP contribution in [0.15, 0.2) is 5.38 Å². The van der Waals surface area contributed by atoms with Gasteiger partial charge in [0.2, 0.25) is 5.13 Å². The predicted molar refractivity (Wildman–Crippen MR) is 85.3 cm³/mol. The maximum Gasteiger partial charge on any atom is 0.434 e. The molecule has 1 saturated heterocycles. The van der Waals surface area contributed by atoms with Crippen LogP contribution in [-0.4, -0.2) is 28.3 Å². The van der Waals surface area contributed by atoms with Gasteiger partial charge < -0.3 is 4.90 Å². The Morgan fingerprint density at radius 1 is 1.30 bits per heavy atom. The fourth-order valence-corrected chi connectivity index (χ4v) is 4.38. The molecule has 0 spiro atoms. The zero-order valence-corrected chi connectivity index (χ0v) is 14.4. The zero-order chi connectivity index (χ0) is 16.6. The van der Waals surface area contributed by atoms with Gasteiger partial charge in [-0.05, 0) is 12.8 Å². The first kappa shape index (κ1) is 16.6. The van der Waals surface area contributed by atoms with Crippen molar-refractivity contribution in [2.75, 3.05) is 18.0 Å². The Hall–Kier alpha value is -1.22. The number of hydrogen-bond donors (Lipinski definition) is 0. The molecule has 0 bridgehead atoms. The molecule has 3 rings (SSSR count). The predicted octanol–water partition coefficient (Wildman–Crippen LogP) is 4.52. The summed E-state index contributed by atoms with van der Waals surface area (Å²) in [4.78, 5) is 5.92. The molecule has 1 atom stereocenters. The van der Waals surface area contributed by atoms with E-state index < -0.39 is 11.9 Å². The first-order valence-corrected chi connectivity index (χ1v) is 9.15. The van der Waals surface area contributed by atoms with Crippen LogP contribution in [0.25, 0.3) is 0 Å². The van der Waals surface area contributed by atoms with Gasteiger partial charge in [0.1, 0.15) is 5.01 Å². The number of thiazole rings is 1. The van der Waals surface area contributed by atoms with Crippen molar-refractivity contribution in [3.05, 3.63) is 21.1 Å². The summed E-state index contributed by atoms with van der Waals surface area (Å²) in [5.41, 5.74) is -0.785. The van der Waals surface area contributed by atoms with Gasteiger partial charge in [0.25, 0.3) is 0 Å². The van der Waals surface area contributed by atoms with Gasteiger partial charge in [0, 0.05) is 30.3 Å². The van der Waals surface area contributed by atoms with Crippen molar-refractivity contribution in [3.8, 4) is 0 Å². The topological polar surface area (TPSA) is 41.9 Å². The van der Waals surface area contributed by atoms with Crippen LogP contribution < -0.4 is 4.90 Å². The molecule has 0 radical (unpaired) electrons. The van der Waals surface area contributed by atoms with E-state index in [1.807, 2.05) is 0 Å². The summed E-state index contributed by atoms with van der Waals surface area (Å²) in [6.07, 6.45) is -2.59. The summed E-state index contributed by atoms with van der Waals surface area (Å²) in [5.74, 6) is 0.353. The molecule has 1 unspecified atom stereocenters. The molecule has 126 valence electrons. The van der Waals surface area contributed by atoms with E-state index in [9.17, 15) is 13.2 Å². The lowest BCUT2D eigenvalue weighted by molar-refractivity contribution is -0.140. The molecule has 9 heteroatoms. The van der Waals surface area contributed by atoms with E-state index in [0.29, 0.717) is 17.5 Å². The molecule has 0 saturated carbocycles. The Kier molecular flexibility index (Phi) is 4.59. The lowest BCUT2D eigenvalue weighted by atomic mass is 9.99. The van der Waals surface area contributed by atoms with E-state index in [1.54, 1.807) is 11.3 Å². The summed E-state index contributed by atoms with van der Waals surface area (Å²) in [7, 11) is 0. The summed E-state index contributed by atoms with van der Waals surface area (Å²) >= 11 is 2.66. The minimum absolute atomic E-state index is 0.0243. The second kappa shape index (κ2) is 6.35. The maximum absolute atomic E-state index is 12.7. The van der Waals surface area contributed by atoms with E-state index in [-0.39, 0.29) is 5.92 Å². The monoisotopic (exact) mass is 362 g/mol. The van der Waals surface area contributed by atoms with E-state index in [0.717, 1.165) is 46.2 Å². The van der Waals surface area contributed by atoms with E-state index >= 15 is 0 Å². The van der Waals surface area contributed by atoms with E-state index in [2.05, 4.69) is 33.9 Å². The number of alkyl halides is 3. The van der Waals surface area contributed by atoms with Crippen molar-refractivity contribution in [3.63, 3.8) is 0 Å². The molecule has 0 amide bonds. The van der Waals surface area contributed by atoms with Gasteiger partial charge in [-0.25, -0.2) is 4.98 Å². The third kappa shape index (κ3) is 3.65. The number of rotatable bonds is 3. The molecule has 3 heterocycles. The van der Waals surface area contributed by atoms with Crippen molar-refractivity contribution >= 4 is 27.8 Å². The molecule has 4 nitrogen and oxygen atoms in total. The molecule has 0 N–H and O–H groups in total. The second-order valence-electron chi connectivity index (χ2n) is 5.93. The Labute approximate surface area is 140 Å². The number of piperidine rings is 1. The summed E-state index contributed by atoms with van der Waals surface area (Å²) in [6.45, 7) is 5.65. The van der Waals surface area contributed by atoms with Crippen molar-refractivity contribution in [1.29, 1.82) is 0 Å². The van der Waals surface area contributed by atoms with Crippen molar-refractivity contribution in [1.82, 2.24) is 15.2 Å². The fourth-order valence-electron chi connectivity index (χ4n) is 2.55. The van der Waals surface area contributed by atoms with Crippen LogP contribution >= 0.6 is 22.7 Å². The van der Waals surface area contributed by atoms with Crippen molar-refractivity contribution in [2.45, 2.75) is 44.7 Å². The maximum atomic E-state index is 12.7. The summed E-state index contributed by atoms with van der Waals surface area (Å²) < 4.78 is 38.1. The molecule has 1 aliphatic heterocycles. The quantitative estimate of drug-likeness (QED) is 0.805. The molecule has 23 heavy (non-hydrogen) atoms. The highest BCUT2D eigenvalue weighted by molar-refractivity contribution is 7.15. The third-order valence-corrected chi connectivity index (χ3v) is 6.07. The molecular weight excluding hydrogens is 345 g/mol. The molecule has 0 aliphatic carbocycles. The number of halogens is 3. The Morgan fingerprint density at radius 3 is 2.70 bits per heavy atom. The van der Waals surface area contributed by atoms with Gasteiger partial charge in [-0.15, -0.1) is 21.5 Å². The van der Waals surface area contributed by atoms with Crippen molar-refractivity contribution in [2.24, 2.45) is 0 Å². The number of aromatic nitrogens is 3. The second-order valence-corrected chi connectivity index (χ2v) is 7.81. The van der Waals surface area contributed by atoms with Crippen LogP contribution in [0.2, 0.25) is 0 Å². The average Bonchev–Trinajstić information content (AvgIpc) is 3.16. The normalized spacial score (nSPS) is 19.6. The zero-order valence-electron chi connectivity index (χ0n) is 12.8. The fraction of sp³-hybridized carbons (Fsp3) is 0.643. The summed E-state index contributed by atoms with van der Waals surface area (Å²) in [5, 5.41) is 11.9. The Balaban J connectivity index is 1.74.